The lowest BCUT2D eigenvalue weighted by Gasteiger charge is -2.32. The third-order valence-electron chi connectivity index (χ3n) is 7.05. The first-order chi connectivity index (χ1) is 17.7. The molecule has 1 heterocycles. The van der Waals surface area contributed by atoms with Gasteiger partial charge in [-0.05, 0) is 52.4 Å². The Bertz CT molecular complexity index is 1500. The normalized spacial score (nSPS) is 16.9. The van der Waals surface area contributed by atoms with Gasteiger partial charge in [-0.25, -0.2) is 0 Å². The summed E-state index contributed by atoms with van der Waals surface area (Å²) in [5, 5.41) is 3.83. The Morgan fingerprint density at radius 2 is 1.00 bits per heavy atom. The van der Waals surface area contributed by atoms with Crippen LogP contribution in [0.4, 0.5) is 11.4 Å². The number of nitrogens with one attached hydrogen (secondary N) is 1. The molecule has 0 spiro atoms. The fraction of sp³-hybridized carbons (Fsp3) is 0.0882. The molecule has 2 heteroatoms. The molecule has 174 valence electrons. The van der Waals surface area contributed by atoms with E-state index in [-0.39, 0.29) is 5.54 Å². The van der Waals surface area contributed by atoms with Crippen LogP contribution < -0.4 is 5.32 Å². The highest BCUT2D eigenvalue weighted by Gasteiger charge is 2.32. The molecule has 2 nitrogen and oxygen atoms in total. The highest BCUT2D eigenvalue weighted by atomic mass is 15.0. The lowest BCUT2D eigenvalue weighted by molar-refractivity contribution is 0.571. The highest BCUT2D eigenvalue weighted by Crippen LogP contribution is 2.39. The van der Waals surface area contributed by atoms with Crippen LogP contribution in [0, 0.1) is 0 Å². The maximum Gasteiger partial charge on any atom is 0.0864 e. The predicted molar refractivity (Wildman–Crippen MR) is 152 cm³/mol. The molecule has 1 atom stereocenters. The number of anilines is 1. The molecule has 0 saturated carbocycles. The van der Waals surface area contributed by atoms with E-state index in [0.29, 0.717) is 0 Å². The summed E-state index contributed by atoms with van der Waals surface area (Å²) in [6, 6.07) is 47.1. The molecule has 0 fully saturated rings. The quantitative estimate of drug-likeness (QED) is 0.282. The number of rotatable bonds is 4. The molecular weight excluding hydrogens is 436 g/mol. The third-order valence-corrected chi connectivity index (χ3v) is 7.05. The largest absolute Gasteiger partial charge is 0.374 e. The van der Waals surface area contributed by atoms with Gasteiger partial charge >= 0.3 is 0 Å². The number of nitrogens with zero attached hydrogens (tertiary/aromatic N) is 1. The second kappa shape index (κ2) is 9.31. The maximum atomic E-state index is 5.15. The van der Waals surface area contributed by atoms with E-state index in [1.54, 1.807) is 0 Å². The van der Waals surface area contributed by atoms with Gasteiger partial charge in [0.25, 0.3) is 0 Å². The van der Waals surface area contributed by atoms with Crippen LogP contribution in [-0.4, -0.2) is 5.71 Å². The average molecular weight is 465 g/mol. The minimum Gasteiger partial charge on any atom is -0.374 e. The van der Waals surface area contributed by atoms with Crippen molar-refractivity contribution in [3.05, 3.63) is 145 Å². The number of benzene rings is 5. The average Bonchev–Trinajstić information content (AvgIpc) is 3.11. The zero-order chi connectivity index (χ0) is 24.4. The molecule has 36 heavy (non-hydrogen) atoms. The van der Waals surface area contributed by atoms with E-state index in [9.17, 15) is 0 Å². The molecule has 1 aliphatic heterocycles. The van der Waals surface area contributed by atoms with Crippen LogP contribution in [0.3, 0.4) is 0 Å². The standard InChI is InChI=1S/C34H28N2/c1-34(30-22-20-28(21-23-30)26-12-6-3-7-13-26)24-33(35-31-14-8-9-15-32(31)36-34)29-18-16-27(17-19-29)25-10-4-2-5-11-25/h2-23,36H,24H2,1H3. The summed E-state index contributed by atoms with van der Waals surface area (Å²) in [7, 11) is 0. The molecule has 1 unspecified atom stereocenters. The van der Waals surface area contributed by atoms with E-state index < -0.39 is 0 Å². The zero-order valence-corrected chi connectivity index (χ0v) is 20.4. The molecule has 1 N–H and O–H groups in total. The van der Waals surface area contributed by atoms with E-state index >= 15 is 0 Å². The van der Waals surface area contributed by atoms with Crippen molar-refractivity contribution in [2.45, 2.75) is 18.9 Å². The van der Waals surface area contributed by atoms with Crippen LogP contribution in [0.15, 0.2) is 138 Å². The summed E-state index contributed by atoms with van der Waals surface area (Å²) in [4.78, 5) is 5.15. The van der Waals surface area contributed by atoms with Gasteiger partial charge in [-0.2, -0.15) is 0 Å². The summed E-state index contributed by atoms with van der Waals surface area (Å²) < 4.78 is 0. The van der Waals surface area contributed by atoms with Crippen molar-refractivity contribution in [2.75, 3.05) is 5.32 Å². The van der Waals surface area contributed by atoms with E-state index in [4.69, 9.17) is 4.99 Å². The van der Waals surface area contributed by atoms with Crippen molar-refractivity contribution < 1.29 is 0 Å². The molecule has 1 aliphatic rings. The van der Waals surface area contributed by atoms with Gasteiger partial charge in [-0.3, -0.25) is 4.99 Å². The minimum absolute atomic E-state index is 0.307. The van der Waals surface area contributed by atoms with Crippen LogP contribution in [0.2, 0.25) is 0 Å². The van der Waals surface area contributed by atoms with Crippen molar-refractivity contribution in [3.8, 4) is 22.3 Å². The zero-order valence-electron chi connectivity index (χ0n) is 20.4. The van der Waals surface area contributed by atoms with Crippen molar-refractivity contribution in [2.24, 2.45) is 4.99 Å². The Morgan fingerprint density at radius 1 is 0.528 bits per heavy atom. The SMILES string of the molecule is CC1(c2ccc(-c3ccccc3)cc2)CC(c2ccc(-c3ccccc3)cc2)=Nc2ccccc2N1. The van der Waals surface area contributed by atoms with Gasteiger partial charge in [-0.15, -0.1) is 0 Å². The van der Waals surface area contributed by atoms with E-state index in [0.717, 1.165) is 29.1 Å². The molecule has 0 amide bonds. The first-order valence-electron chi connectivity index (χ1n) is 12.4. The topological polar surface area (TPSA) is 24.4 Å². The Balaban J connectivity index is 1.37. The third kappa shape index (κ3) is 4.34. The van der Waals surface area contributed by atoms with Crippen molar-refractivity contribution in [1.82, 2.24) is 0 Å². The Kier molecular flexibility index (Phi) is 5.71. The monoisotopic (exact) mass is 464 g/mol. The Morgan fingerprint density at radius 3 is 1.61 bits per heavy atom. The Hall–Kier alpha value is -4.43. The fourth-order valence-corrected chi connectivity index (χ4v) is 5.03. The van der Waals surface area contributed by atoms with E-state index in [2.05, 4.69) is 146 Å². The van der Waals surface area contributed by atoms with Gasteiger partial charge in [0.05, 0.1) is 22.6 Å². The predicted octanol–water partition coefficient (Wildman–Crippen LogP) is 8.87. The highest BCUT2D eigenvalue weighted by molar-refractivity contribution is 6.04. The van der Waals surface area contributed by atoms with Crippen LogP contribution in [0.5, 0.6) is 0 Å². The lowest BCUT2D eigenvalue weighted by Crippen LogP contribution is -2.33. The van der Waals surface area contributed by atoms with Crippen LogP contribution in [-0.2, 0) is 5.54 Å². The number of hydrogen-bond acceptors (Lipinski definition) is 2. The summed E-state index contributed by atoms with van der Waals surface area (Å²) in [5.74, 6) is 0. The van der Waals surface area contributed by atoms with Crippen LogP contribution in [0.25, 0.3) is 22.3 Å². The second-order valence-corrected chi connectivity index (χ2v) is 9.60. The minimum atomic E-state index is -0.307. The first kappa shape index (κ1) is 22.1. The smallest absolute Gasteiger partial charge is 0.0864 e. The summed E-state index contributed by atoms with van der Waals surface area (Å²) >= 11 is 0. The van der Waals surface area contributed by atoms with Crippen LogP contribution in [0.1, 0.15) is 24.5 Å². The molecular formula is C34H28N2. The van der Waals surface area contributed by atoms with Crippen molar-refractivity contribution in [3.63, 3.8) is 0 Å². The van der Waals surface area contributed by atoms with Gasteiger partial charge in [0, 0.05) is 6.42 Å². The number of para-hydroxylation sites is 2. The Labute approximate surface area is 213 Å². The number of hydrogen-bond donors (Lipinski definition) is 1. The summed E-state index contributed by atoms with van der Waals surface area (Å²) in [6.07, 6.45) is 0.775. The molecule has 6 rings (SSSR count). The molecule has 0 saturated heterocycles. The number of fused-ring (bicyclic) bond motifs is 1. The van der Waals surface area contributed by atoms with Gasteiger partial charge in [0.2, 0.25) is 0 Å². The van der Waals surface area contributed by atoms with Gasteiger partial charge < -0.3 is 5.32 Å². The van der Waals surface area contributed by atoms with Gasteiger partial charge in [0.1, 0.15) is 0 Å². The fourth-order valence-electron chi connectivity index (χ4n) is 5.03. The second-order valence-electron chi connectivity index (χ2n) is 9.60. The summed E-state index contributed by atoms with van der Waals surface area (Å²) in [6.45, 7) is 2.28. The van der Waals surface area contributed by atoms with E-state index in [1.807, 2.05) is 0 Å². The van der Waals surface area contributed by atoms with Crippen LogP contribution >= 0.6 is 0 Å². The molecule has 0 aromatic heterocycles. The molecule has 5 aromatic carbocycles. The summed E-state index contributed by atoms with van der Waals surface area (Å²) in [5.41, 5.74) is 10.1. The van der Waals surface area contributed by atoms with Gasteiger partial charge in [-0.1, -0.05) is 121 Å². The number of aliphatic imine (C=N–C) groups is 1. The first-order valence-corrected chi connectivity index (χ1v) is 12.4. The van der Waals surface area contributed by atoms with Crippen molar-refractivity contribution in [1.29, 1.82) is 0 Å². The van der Waals surface area contributed by atoms with Crippen molar-refractivity contribution >= 4 is 17.1 Å². The molecule has 0 aliphatic carbocycles. The maximum absolute atomic E-state index is 5.15. The molecule has 0 bridgehead atoms. The molecule has 0 radical (unpaired) electrons. The lowest BCUT2D eigenvalue weighted by atomic mass is 9.84. The van der Waals surface area contributed by atoms with E-state index in [1.165, 1.54) is 27.8 Å². The molecule has 5 aromatic rings. The van der Waals surface area contributed by atoms with Gasteiger partial charge in [0.15, 0.2) is 0 Å².